The van der Waals surface area contributed by atoms with Crippen LogP contribution in [0.4, 0.5) is 0 Å². The lowest BCUT2D eigenvalue weighted by Crippen LogP contribution is -2.41. The standard InChI is InChI=1S/C17H28O7/c1-6-17(7-2)23-14-10(3)8-13(9-20-11(4)18)22-16(15(14)24-17)21-12(5)19/h10,13-16H,6-9H2,1-5H3/t10-,13-,14+,15+,16?/m0/s1. The maximum Gasteiger partial charge on any atom is 0.305 e. The van der Waals surface area contributed by atoms with Crippen LogP contribution >= 0.6 is 0 Å². The van der Waals surface area contributed by atoms with Gasteiger partial charge in [0.05, 0.1) is 12.2 Å². The van der Waals surface area contributed by atoms with E-state index in [0.29, 0.717) is 19.3 Å². The van der Waals surface area contributed by atoms with Crippen LogP contribution in [0.15, 0.2) is 0 Å². The normalized spacial score (nSPS) is 35.0. The van der Waals surface area contributed by atoms with Crippen molar-refractivity contribution in [2.45, 2.75) is 84.3 Å². The summed E-state index contributed by atoms with van der Waals surface area (Å²) < 4.78 is 28.7. The molecule has 5 atom stereocenters. The first-order chi connectivity index (χ1) is 11.3. The maximum atomic E-state index is 11.5. The van der Waals surface area contributed by atoms with Crippen LogP contribution in [0.5, 0.6) is 0 Å². The minimum Gasteiger partial charge on any atom is -0.463 e. The van der Waals surface area contributed by atoms with E-state index in [1.807, 2.05) is 20.8 Å². The van der Waals surface area contributed by atoms with Gasteiger partial charge in [-0.25, -0.2) is 0 Å². The van der Waals surface area contributed by atoms with Crippen molar-refractivity contribution in [2.75, 3.05) is 6.61 Å². The summed E-state index contributed by atoms with van der Waals surface area (Å²) in [6.45, 7) is 8.85. The van der Waals surface area contributed by atoms with Crippen LogP contribution in [0.25, 0.3) is 0 Å². The van der Waals surface area contributed by atoms with Crippen LogP contribution in [0.1, 0.15) is 53.9 Å². The van der Waals surface area contributed by atoms with Crippen LogP contribution < -0.4 is 0 Å². The Morgan fingerprint density at radius 1 is 1.08 bits per heavy atom. The van der Waals surface area contributed by atoms with Crippen LogP contribution in [-0.4, -0.2) is 48.9 Å². The van der Waals surface area contributed by atoms with Gasteiger partial charge in [-0.3, -0.25) is 9.59 Å². The minimum absolute atomic E-state index is 0.107. The quantitative estimate of drug-likeness (QED) is 0.707. The van der Waals surface area contributed by atoms with Crippen molar-refractivity contribution in [2.24, 2.45) is 5.92 Å². The fourth-order valence-corrected chi connectivity index (χ4v) is 3.34. The predicted octanol–water partition coefficient (Wildman–Crippen LogP) is 2.16. The van der Waals surface area contributed by atoms with Crippen LogP contribution in [0.2, 0.25) is 0 Å². The average Bonchev–Trinajstić information content (AvgIpc) is 2.87. The van der Waals surface area contributed by atoms with Gasteiger partial charge in [-0.1, -0.05) is 20.8 Å². The van der Waals surface area contributed by atoms with E-state index in [4.69, 9.17) is 23.7 Å². The van der Waals surface area contributed by atoms with E-state index in [9.17, 15) is 9.59 Å². The third-order valence-electron chi connectivity index (χ3n) is 4.65. The minimum atomic E-state index is -0.877. The highest BCUT2D eigenvalue weighted by Gasteiger charge is 2.54. The van der Waals surface area contributed by atoms with Crippen LogP contribution in [0, 0.1) is 5.92 Å². The molecule has 0 aromatic carbocycles. The third kappa shape index (κ3) is 4.26. The number of esters is 2. The topological polar surface area (TPSA) is 80.3 Å². The van der Waals surface area contributed by atoms with Crippen LogP contribution in [0.3, 0.4) is 0 Å². The fourth-order valence-electron chi connectivity index (χ4n) is 3.34. The smallest absolute Gasteiger partial charge is 0.305 e. The largest absolute Gasteiger partial charge is 0.463 e. The molecule has 2 aliphatic rings. The summed E-state index contributed by atoms with van der Waals surface area (Å²) in [7, 11) is 0. The lowest BCUT2D eigenvalue weighted by atomic mass is 9.95. The Kier molecular flexibility index (Phi) is 6.22. The Labute approximate surface area is 142 Å². The summed E-state index contributed by atoms with van der Waals surface area (Å²) >= 11 is 0. The second-order valence-corrected chi connectivity index (χ2v) is 6.53. The molecule has 0 N–H and O–H groups in total. The molecular weight excluding hydrogens is 316 g/mol. The van der Waals surface area contributed by atoms with Gasteiger partial charge < -0.3 is 23.7 Å². The lowest BCUT2D eigenvalue weighted by Gasteiger charge is -2.29. The monoisotopic (exact) mass is 344 g/mol. The van der Waals surface area contributed by atoms with Gasteiger partial charge in [-0.05, 0) is 25.2 Å². The van der Waals surface area contributed by atoms with Crippen molar-refractivity contribution in [3.8, 4) is 0 Å². The van der Waals surface area contributed by atoms with Crippen molar-refractivity contribution in [3.63, 3.8) is 0 Å². The summed E-state index contributed by atoms with van der Waals surface area (Å²) in [6, 6.07) is 0. The highest BCUT2D eigenvalue weighted by atomic mass is 16.8. The number of hydrogen-bond acceptors (Lipinski definition) is 7. The van der Waals surface area contributed by atoms with Gasteiger partial charge in [-0.2, -0.15) is 0 Å². The molecule has 0 bridgehead atoms. The molecule has 0 aliphatic carbocycles. The molecular formula is C17H28O7. The van der Waals surface area contributed by atoms with Crippen LogP contribution in [-0.2, 0) is 33.3 Å². The summed E-state index contributed by atoms with van der Waals surface area (Å²) in [5.74, 6) is -1.39. The van der Waals surface area contributed by atoms with Gasteiger partial charge in [0.15, 0.2) is 5.79 Å². The molecule has 2 fully saturated rings. The van der Waals surface area contributed by atoms with Gasteiger partial charge >= 0.3 is 11.9 Å². The Morgan fingerprint density at radius 2 is 1.71 bits per heavy atom. The van der Waals surface area contributed by atoms with Crippen molar-refractivity contribution in [3.05, 3.63) is 0 Å². The molecule has 0 aromatic rings. The first kappa shape index (κ1) is 19.1. The lowest BCUT2D eigenvalue weighted by molar-refractivity contribution is -0.243. The number of fused-ring (bicyclic) bond motifs is 1. The van der Waals surface area contributed by atoms with E-state index in [1.165, 1.54) is 13.8 Å². The summed E-state index contributed by atoms with van der Waals surface area (Å²) in [4.78, 5) is 22.5. The van der Waals surface area contributed by atoms with Gasteiger partial charge in [-0.15, -0.1) is 0 Å². The van der Waals surface area contributed by atoms with E-state index >= 15 is 0 Å². The predicted molar refractivity (Wildman–Crippen MR) is 83.9 cm³/mol. The zero-order chi connectivity index (χ0) is 17.9. The maximum absolute atomic E-state index is 11.5. The SMILES string of the molecule is CCC1(CC)O[C@@H]2[C@@H](C)C[C@@H](COC(C)=O)OC(OC(C)=O)[C@@H]2O1. The second-order valence-electron chi connectivity index (χ2n) is 6.53. The number of hydrogen-bond donors (Lipinski definition) is 0. The molecule has 0 spiro atoms. The molecule has 2 aliphatic heterocycles. The third-order valence-corrected chi connectivity index (χ3v) is 4.65. The van der Waals surface area contributed by atoms with Gasteiger partial charge in [0.2, 0.25) is 6.29 Å². The second kappa shape index (κ2) is 7.80. The van der Waals surface area contributed by atoms with E-state index < -0.39 is 24.2 Å². The van der Waals surface area contributed by atoms with E-state index in [1.54, 1.807) is 0 Å². The zero-order valence-electron chi connectivity index (χ0n) is 15.1. The number of carbonyl (C=O) groups excluding carboxylic acids is 2. The van der Waals surface area contributed by atoms with Gasteiger partial charge in [0, 0.05) is 13.8 Å². The van der Waals surface area contributed by atoms with Crippen molar-refractivity contribution in [1.29, 1.82) is 0 Å². The molecule has 7 heteroatoms. The molecule has 2 heterocycles. The summed E-state index contributed by atoms with van der Waals surface area (Å²) in [6.07, 6.45) is 0.0446. The van der Waals surface area contributed by atoms with Crippen molar-refractivity contribution >= 4 is 11.9 Å². The Hall–Kier alpha value is -1.18. The van der Waals surface area contributed by atoms with Gasteiger partial charge in [0.1, 0.15) is 12.7 Å². The number of rotatable bonds is 5. The molecule has 2 saturated heterocycles. The molecule has 1 unspecified atom stereocenters. The molecule has 0 saturated carbocycles. The number of ether oxygens (including phenoxy) is 5. The summed E-state index contributed by atoms with van der Waals surface area (Å²) in [5.41, 5.74) is 0. The molecule has 24 heavy (non-hydrogen) atoms. The highest BCUT2D eigenvalue weighted by Crippen LogP contribution is 2.42. The summed E-state index contributed by atoms with van der Waals surface area (Å²) in [5, 5.41) is 0. The first-order valence-corrected chi connectivity index (χ1v) is 8.62. The van der Waals surface area contributed by atoms with E-state index in [0.717, 1.165) is 0 Å². The Balaban J connectivity index is 2.19. The Bertz CT molecular complexity index is 460. The molecule has 0 amide bonds. The highest BCUT2D eigenvalue weighted by molar-refractivity contribution is 5.66. The first-order valence-electron chi connectivity index (χ1n) is 8.62. The molecule has 0 radical (unpaired) electrons. The van der Waals surface area contributed by atoms with Crippen molar-refractivity contribution < 1.29 is 33.3 Å². The average molecular weight is 344 g/mol. The Morgan fingerprint density at radius 3 is 2.25 bits per heavy atom. The number of carbonyl (C=O) groups is 2. The van der Waals surface area contributed by atoms with Gasteiger partial charge in [0.25, 0.3) is 0 Å². The molecule has 2 rings (SSSR count). The fraction of sp³-hybridized carbons (Fsp3) is 0.882. The van der Waals surface area contributed by atoms with E-state index in [2.05, 4.69) is 0 Å². The van der Waals surface area contributed by atoms with E-state index in [-0.39, 0.29) is 30.7 Å². The zero-order valence-corrected chi connectivity index (χ0v) is 15.1. The molecule has 138 valence electrons. The van der Waals surface area contributed by atoms with Crippen molar-refractivity contribution in [1.82, 2.24) is 0 Å². The molecule has 0 aromatic heterocycles. The molecule has 7 nitrogen and oxygen atoms in total.